The summed E-state index contributed by atoms with van der Waals surface area (Å²) in [6, 6.07) is 18.6. The molecule has 3 rings (SSSR count). The summed E-state index contributed by atoms with van der Waals surface area (Å²) in [4.78, 5) is 12.9. The van der Waals surface area contributed by atoms with Crippen molar-refractivity contribution in [2.24, 2.45) is 16.9 Å². The van der Waals surface area contributed by atoms with Crippen molar-refractivity contribution in [3.8, 4) is 17.0 Å². The first kappa shape index (κ1) is 33.6. The zero-order chi connectivity index (χ0) is 31.1. The SMILES string of the molecule is CCn1c(-c2ccccc2)cc2ccc(OCCCC(O)C(O)CCCOC(=O)C(C)(CC(C)(C)N)C(C)(C)N)cc21. The summed E-state index contributed by atoms with van der Waals surface area (Å²) in [5, 5.41) is 22.1. The predicted molar refractivity (Wildman–Crippen MR) is 169 cm³/mol. The van der Waals surface area contributed by atoms with Gasteiger partial charge >= 0.3 is 5.97 Å². The number of esters is 1. The third-order valence-electron chi connectivity index (χ3n) is 8.18. The molecule has 0 saturated carbocycles. The van der Waals surface area contributed by atoms with Crippen LogP contribution in [0.1, 0.15) is 73.6 Å². The number of rotatable bonds is 16. The van der Waals surface area contributed by atoms with Crippen LogP contribution in [0.15, 0.2) is 54.6 Å². The second kappa shape index (κ2) is 14.0. The van der Waals surface area contributed by atoms with Crippen molar-refractivity contribution in [3.63, 3.8) is 0 Å². The summed E-state index contributed by atoms with van der Waals surface area (Å²) in [6.07, 6.45) is 0.309. The van der Waals surface area contributed by atoms with Crippen molar-refractivity contribution in [2.45, 2.75) is 103 Å². The molecule has 232 valence electrons. The van der Waals surface area contributed by atoms with E-state index in [9.17, 15) is 15.0 Å². The molecule has 3 unspecified atom stereocenters. The van der Waals surface area contributed by atoms with Crippen LogP contribution in [0, 0.1) is 5.41 Å². The van der Waals surface area contributed by atoms with E-state index in [4.69, 9.17) is 20.9 Å². The highest BCUT2D eigenvalue weighted by atomic mass is 16.5. The van der Waals surface area contributed by atoms with Crippen molar-refractivity contribution in [1.29, 1.82) is 0 Å². The van der Waals surface area contributed by atoms with Gasteiger partial charge in [0.1, 0.15) is 5.75 Å². The molecule has 0 spiro atoms. The molecule has 8 heteroatoms. The van der Waals surface area contributed by atoms with Gasteiger partial charge in [-0.3, -0.25) is 4.79 Å². The lowest BCUT2D eigenvalue weighted by Crippen LogP contribution is -2.58. The Morgan fingerprint density at radius 2 is 1.52 bits per heavy atom. The monoisotopic (exact) mass is 581 g/mol. The van der Waals surface area contributed by atoms with Crippen LogP contribution >= 0.6 is 0 Å². The zero-order valence-corrected chi connectivity index (χ0v) is 26.2. The number of carbonyl (C=O) groups is 1. The van der Waals surface area contributed by atoms with Gasteiger partial charge in [0.25, 0.3) is 0 Å². The maximum atomic E-state index is 12.9. The van der Waals surface area contributed by atoms with Crippen molar-refractivity contribution in [2.75, 3.05) is 13.2 Å². The molecule has 1 aromatic heterocycles. The van der Waals surface area contributed by atoms with Gasteiger partial charge in [-0.05, 0) is 97.4 Å². The molecule has 0 aliphatic heterocycles. The largest absolute Gasteiger partial charge is 0.494 e. The molecule has 0 aliphatic carbocycles. The van der Waals surface area contributed by atoms with Crippen molar-refractivity contribution in [3.05, 3.63) is 54.6 Å². The molecule has 6 N–H and O–H groups in total. The normalized spacial score (nSPS) is 15.3. The smallest absolute Gasteiger partial charge is 0.313 e. The highest BCUT2D eigenvalue weighted by Gasteiger charge is 2.48. The second-order valence-electron chi connectivity index (χ2n) is 13.0. The molecule has 0 fully saturated rings. The number of carbonyl (C=O) groups excluding carboxylic acids is 1. The van der Waals surface area contributed by atoms with E-state index in [1.165, 1.54) is 11.3 Å². The van der Waals surface area contributed by atoms with Crippen molar-refractivity contribution >= 4 is 16.9 Å². The summed E-state index contributed by atoms with van der Waals surface area (Å²) in [5.74, 6) is 0.374. The first-order valence-corrected chi connectivity index (χ1v) is 15.1. The van der Waals surface area contributed by atoms with Crippen LogP contribution in [0.5, 0.6) is 5.75 Å². The van der Waals surface area contributed by atoms with E-state index >= 15 is 0 Å². The fraction of sp³-hybridized carbons (Fsp3) is 0.559. The minimum atomic E-state index is -0.961. The summed E-state index contributed by atoms with van der Waals surface area (Å²) in [5.41, 5.74) is 13.6. The topological polar surface area (TPSA) is 133 Å². The Kier molecular flexibility index (Phi) is 11.2. The van der Waals surface area contributed by atoms with Crippen LogP contribution in [-0.4, -0.2) is 57.2 Å². The van der Waals surface area contributed by atoms with Gasteiger partial charge in [0.2, 0.25) is 0 Å². The summed E-state index contributed by atoms with van der Waals surface area (Å²) >= 11 is 0. The van der Waals surface area contributed by atoms with E-state index < -0.39 is 34.7 Å². The number of aliphatic hydroxyl groups is 2. The first-order valence-electron chi connectivity index (χ1n) is 15.1. The van der Waals surface area contributed by atoms with E-state index in [-0.39, 0.29) is 6.61 Å². The molecule has 0 aliphatic rings. The summed E-state index contributed by atoms with van der Waals surface area (Å²) < 4.78 is 13.8. The first-order chi connectivity index (χ1) is 19.7. The molecule has 0 saturated heterocycles. The Bertz CT molecular complexity index is 1290. The zero-order valence-electron chi connectivity index (χ0n) is 26.2. The number of aliphatic hydroxyl groups excluding tert-OH is 2. The molecule has 8 nitrogen and oxygen atoms in total. The van der Waals surface area contributed by atoms with E-state index in [2.05, 4.69) is 41.8 Å². The lowest BCUT2D eigenvalue weighted by Gasteiger charge is -2.42. The van der Waals surface area contributed by atoms with Crippen LogP contribution in [0.2, 0.25) is 0 Å². The van der Waals surface area contributed by atoms with Crippen molar-refractivity contribution in [1.82, 2.24) is 4.57 Å². The number of fused-ring (bicyclic) bond motifs is 1. The summed E-state index contributed by atoms with van der Waals surface area (Å²) in [7, 11) is 0. The Hall–Kier alpha value is -2.91. The van der Waals surface area contributed by atoms with E-state index in [1.807, 2.05) is 38.1 Å². The maximum Gasteiger partial charge on any atom is 0.313 e. The molecule has 2 aromatic carbocycles. The van der Waals surface area contributed by atoms with E-state index in [1.54, 1.807) is 20.8 Å². The van der Waals surface area contributed by atoms with Crippen LogP contribution in [-0.2, 0) is 16.1 Å². The third kappa shape index (κ3) is 8.57. The maximum absolute atomic E-state index is 12.9. The van der Waals surface area contributed by atoms with Crippen LogP contribution in [0.4, 0.5) is 0 Å². The minimum absolute atomic E-state index is 0.135. The Labute approximate surface area is 251 Å². The number of hydrogen-bond acceptors (Lipinski definition) is 7. The molecule has 3 aromatic rings. The standard InChI is InChI=1S/C34H51N3O5/c1-7-37-27(24-13-9-8-10-14-24)21-25-17-18-26(22-28(25)37)41-19-11-15-29(38)30(39)16-12-20-42-31(40)34(6,33(4,5)36)23-32(2,3)35/h8-10,13-14,17-18,21-22,29-30,38-39H,7,11-12,15-16,19-20,23,35-36H2,1-6H3. The molecular weight excluding hydrogens is 530 g/mol. The van der Waals surface area contributed by atoms with Gasteiger partial charge in [-0.1, -0.05) is 30.3 Å². The highest BCUT2D eigenvalue weighted by Crippen LogP contribution is 2.38. The quantitative estimate of drug-likeness (QED) is 0.131. The summed E-state index contributed by atoms with van der Waals surface area (Å²) in [6.45, 7) is 12.6. The Morgan fingerprint density at radius 3 is 2.10 bits per heavy atom. The lowest BCUT2D eigenvalue weighted by atomic mass is 9.67. The van der Waals surface area contributed by atoms with Gasteiger partial charge in [0.15, 0.2) is 0 Å². The molecule has 0 radical (unpaired) electrons. The fourth-order valence-electron chi connectivity index (χ4n) is 5.47. The van der Waals surface area contributed by atoms with Gasteiger partial charge in [0, 0.05) is 34.8 Å². The minimum Gasteiger partial charge on any atom is -0.494 e. The molecule has 1 heterocycles. The number of ether oxygens (including phenoxy) is 2. The van der Waals surface area contributed by atoms with Gasteiger partial charge in [0.05, 0.1) is 36.4 Å². The Balaban J connectivity index is 1.44. The molecule has 0 amide bonds. The average molecular weight is 582 g/mol. The molecule has 42 heavy (non-hydrogen) atoms. The lowest BCUT2D eigenvalue weighted by molar-refractivity contribution is -0.160. The van der Waals surface area contributed by atoms with Crippen LogP contribution in [0.3, 0.4) is 0 Å². The van der Waals surface area contributed by atoms with Gasteiger partial charge in [-0.2, -0.15) is 0 Å². The van der Waals surface area contributed by atoms with Crippen molar-refractivity contribution < 1.29 is 24.5 Å². The number of aryl methyl sites for hydroxylation is 1. The molecule has 3 atom stereocenters. The van der Waals surface area contributed by atoms with Crippen LogP contribution < -0.4 is 16.2 Å². The average Bonchev–Trinajstić information content (AvgIpc) is 3.29. The number of nitrogens with two attached hydrogens (primary N) is 2. The van der Waals surface area contributed by atoms with Gasteiger partial charge in [-0.25, -0.2) is 0 Å². The number of benzene rings is 2. The number of nitrogens with zero attached hydrogens (tertiary/aromatic N) is 1. The van der Waals surface area contributed by atoms with E-state index in [0.29, 0.717) is 38.7 Å². The molecule has 0 bridgehead atoms. The Morgan fingerprint density at radius 1 is 0.905 bits per heavy atom. The molecular formula is C34H51N3O5. The highest BCUT2D eigenvalue weighted by molar-refractivity contribution is 5.88. The predicted octanol–water partition coefficient (Wildman–Crippen LogP) is 5.40. The van der Waals surface area contributed by atoms with Crippen LogP contribution in [0.25, 0.3) is 22.2 Å². The number of hydrogen-bond donors (Lipinski definition) is 4. The number of aromatic nitrogens is 1. The second-order valence-corrected chi connectivity index (χ2v) is 13.0. The fourth-order valence-corrected chi connectivity index (χ4v) is 5.47. The van der Waals surface area contributed by atoms with Gasteiger partial charge in [-0.15, -0.1) is 0 Å². The van der Waals surface area contributed by atoms with Gasteiger partial charge < -0.3 is 35.7 Å². The van der Waals surface area contributed by atoms with E-state index in [0.717, 1.165) is 23.2 Å². The third-order valence-corrected chi connectivity index (χ3v) is 8.18.